The molecule has 3 heteroatoms. The highest BCUT2D eigenvalue weighted by atomic mass is 16.5. The maximum absolute atomic E-state index is 5.74. The third kappa shape index (κ3) is 3.36. The smallest absolute Gasteiger partial charge is 0.119 e. The summed E-state index contributed by atoms with van der Waals surface area (Å²) in [6.07, 6.45) is 3.16. The summed E-state index contributed by atoms with van der Waals surface area (Å²) in [5.41, 5.74) is 16.1. The lowest BCUT2D eigenvalue weighted by Crippen LogP contribution is -2.00. The quantitative estimate of drug-likeness (QED) is 0.588. The number of H-pyrrole nitrogens is 1. The molecular weight excluding hydrogens is 320 g/mol. The molecule has 0 aliphatic heterocycles. The molecule has 3 rings (SSSR count). The number of hydrogen-bond donors (Lipinski definition) is 2. The maximum atomic E-state index is 5.74. The molecule has 0 spiro atoms. The number of benzene rings is 2. The molecule has 0 bridgehead atoms. The zero-order valence-electron chi connectivity index (χ0n) is 16.6. The van der Waals surface area contributed by atoms with Crippen LogP contribution in [0.1, 0.15) is 40.7 Å². The van der Waals surface area contributed by atoms with E-state index in [1.165, 1.54) is 50.0 Å². The number of ether oxygens (including phenoxy) is 1. The number of aromatic amines is 1. The molecule has 1 heterocycles. The summed E-state index contributed by atoms with van der Waals surface area (Å²) in [6.45, 7) is 9.45. The summed E-state index contributed by atoms with van der Waals surface area (Å²) in [5.74, 6) is 0.915. The van der Waals surface area contributed by atoms with Crippen molar-refractivity contribution in [2.75, 3.05) is 13.7 Å². The molecule has 3 nitrogen and oxygen atoms in total. The zero-order chi connectivity index (χ0) is 18.8. The summed E-state index contributed by atoms with van der Waals surface area (Å²) in [5, 5.41) is 1.27. The Hall–Kier alpha value is -2.26. The van der Waals surface area contributed by atoms with E-state index < -0.39 is 0 Å². The van der Waals surface area contributed by atoms with E-state index >= 15 is 0 Å². The van der Waals surface area contributed by atoms with E-state index in [0.29, 0.717) is 0 Å². The molecule has 0 saturated carbocycles. The van der Waals surface area contributed by atoms with Gasteiger partial charge < -0.3 is 15.5 Å². The van der Waals surface area contributed by atoms with Crippen LogP contribution in [0.3, 0.4) is 0 Å². The molecule has 26 heavy (non-hydrogen) atoms. The van der Waals surface area contributed by atoms with Crippen LogP contribution in [0.15, 0.2) is 24.3 Å². The Balaban J connectivity index is 2.27. The van der Waals surface area contributed by atoms with Crippen LogP contribution < -0.4 is 10.5 Å². The number of hydrogen-bond acceptors (Lipinski definition) is 2. The van der Waals surface area contributed by atoms with Crippen LogP contribution in [0, 0.1) is 27.7 Å². The second-order valence-electron chi connectivity index (χ2n) is 7.36. The lowest BCUT2D eigenvalue weighted by molar-refractivity contribution is 0.415. The molecule has 0 radical (unpaired) electrons. The Morgan fingerprint density at radius 2 is 1.62 bits per heavy atom. The van der Waals surface area contributed by atoms with Gasteiger partial charge in [-0.1, -0.05) is 17.7 Å². The molecule has 0 fully saturated rings. The molecule has 3 N–H and O–H groups in total. The number of aromatic nitrogens is 1. The van der Waals surface area contributed by atoms with Crippen molar-refractivity contribution in [1.29, 1.82) is 0 Å². The Kier molecular flexibility index (Phi) is 5.38. The Morgan fingerprint density at radius 1 is 0.923 bits per heavy atom. The molecular formula is C23H30N2O. The van der Waals surface area contributed by atoms with Crippen molar-refractivity contribution in [1.82, 2.24) is 4.98 Å². The van der Waals surface area contributed by atoms with Gasteiger partial charge in [-0.05, 0) is 87.9 Å². The average molecular weight is 351 g/mol. The number of nitrogens with one attached hydrogen (secondary N) is 1. The van der Waals surface area contributed by atoms with Gasteiger partial charge in [0.15, 0.2) is 0 Å². The minimum atomic E-state index is 0.739. The average Bonchev–Trinajstić information content (AvgIpc) is 2.93. The van der Waals surface area contributed by atoms with Gasteiger partial charge in [-0.15, -0.1) is 0 Å². The van der Waals surface area contributed by atoms with E-state index in [0.717, 1.165) is 31.6 Å². The van der Waals surface area contributed by atoms with Crippen molar-refractivity contribution in [3.05, 3.63) is 52.1 Å². The highest BCUT2D eigenvalue weighted by Gasteiger charge is 2.18. The van der Waals surface area contributed by atoms with Crippen molar-refractivity contribution >= 4 is 10.9 Å². The van der Waals surface area contributed by atoms with Crippen molar-refractivity contribution in [2.24, 2.45) is 5.73 Å². The van der Waals surface area contributed by atoms with E-state index in [9.17, 15) is 0 Å². The molecule has 0 atom stereocenters. The first-order chi connectivity index (χ1) is 12.5. The summed E-state index contributed by atoms with van der Waals surface area (Å²) in [4.78, 5) is 3.74. The molecule has 138 valence electrons. The second-order valence-corrected chi connectivity index (χ2v) is 7.36. The highest BCUT2D eigenvalue weighted by molar-refractivity contribution is 5.94. The van der Waals surface area contributed by atoms with Crippen LogP contribution in [-0.2, 0) is 6.42 Å². The highest BCUT2D eigenvalue weighted by Crippen LogP contribution is 2.38. The first-order valence-corrected chi connectivity index (χ1v) is 9.43. The number of unbranched alkanes of at least 4 members (excludes halogenated alkanes) is 1. The summed E-state index contributed by atoms with van der Waals surface area (Å²) in [6, 6.07) is 8.80. The van der Waals surface area contributed by atoms with Crippen LogP contribution >= 0.6 is 0 Å². The van der Waals surface area contributed by atoms with Crippen LogP contribution in [0.5, 0.6) is 5.75 Å². The van der Waals surface area contributed by atoms with Gasteiger partial charge in [0.2, 0.25) is 0 Å². The van der Waals surface area contributed by atoms with Crippen molar-refractivity contribution in [2.45, 2.75) is 47.0 Å². The summed E-state index contributed by atoms with van der Waals surface area (Å²) >= 11 is 0. The fourth-order valence-electron chi connectivity index (χ4n) is 4.10. The largest absolute Gasteiger partial charge is 0.497 e. The summed E-state index contributed by atoms with van der Waals surface area (Å²) < 4.78 is 5.53. The van der Waals surface area contributed by atoms with Crippen molar-refractivity contribution in [3.8, 4) is 17.0 Å². The second kappa shape index (κ2) is 7.55. The minimum Gasteiger partial charge on any atom is -0.497 e. The topological polar surface area (TPSA) is 51.0 Å². The number of methoxy groups -OCH3 is 1. The molecule has 0 unspecified atom stereocenters. The van der Waals surface area contributed by atoms with Crippen molar-refractivity contribution < 1.29 is 4.74 Å². The first-order valence-electron chi connectivity index (χ1n) is 9.43. The monoisotopic (exact) mass is 350 g/mol. The van der Waals surface area contributed by atoms with E-state index in [1.807, 2.05) is 0 Å². The van der Waals surface area contributed by atoms with E-state index in [2.05, 4.69) is 56.9 Å². The third-order valence-electron chi connectivity index (χ3n) is 5.23. The lowest BCUT2D eigenvalue weighted by Gasteiger charge is -2.13. The fourth-order valence-corrected chi connectivity index (χ4v) is 4.10. The van der Waals surface area contributed by atoms with E-state index in [-0.39, 0.29) is 0 Å². The van der Waals surface area contributed by atoms with Gasteiger partial charge in [-0.25, -0.2) is 0 Å². The van der Waals surface area contributed by atoms with Gasteiger partial charge in [-0.2, -0.15) is 0 Å². The van der Waals surface area contributed by atoms with Gasteiger partial charge in [0.25, 0.3) is 0 Å². The molecule has 0 saturated heterocycles. The molecule has 0 aliphatic carbocycles. The van der Waals surface area contributed by atoms with Gasteiger partial charge >= 0.3 is 0 Å². The number of nitrogens with two attached hydrogens (primary N) is 1. The Bertz CT molecular complexity index is 914. The number of fused-ring (bicyclic) bond motifs is 1. The van der Waals surface area contributed by atoms with Crippen LogP contribution in [0.4, 0.5) is 0 Å². The van der Waals surface area contributed by atoms with Crippen LogP contribution in [-0.4, -0.2) is 18.6 Å². The van der Waals surface area contributed by atoms with E-state index in [1.54, 1.807) is 7.11 Å². The molecule has 0 aliphatic rings. The maximum Gasteiger partial charge on any atom is 0.119 e. The Labute approximate surface area is 156 Å². The summed E-state index contributed by atoms with van der Waals surface area (Å²) in [7, 11) is 1.73. The first kappa shape index (κ1) is 18.5. The predicted octanol–water partition coefficient (Wildman–Crippen LogP) is 5.36. The van der Waals surface area contributed by atoms with Gasteiger partial charge in [0, 0.05) is 16.5 Å². The normalized spacial score (nSPS) is 11.3. The Morgan fingerprint density at radius 3 is 2.23 bits per heavy atom. The minimum absolute atomic E-state index is 0.739. The third-order valence-corrected chi connectivity index (χ3v) is 5.23. The predicted molar refractivity (Wildman–Crippen MR) is 111 cm³/mol. The lowest BCUT2D eigenvalue weighted by atomic mass is 9.93. The zero-order valence-corrected chi connectivity index (χ0v) is 16.6. The van der Waals surface area contributed by atoms with Gasteiger partial charge in [-0.3, -0.25) is 0 Å². The van der Waals surface area contributed by atoms with Crippen LogP contribution in [0.2, 0.25) is 0 Å². The van der Waals surface area contributed by atoms with Crippen molar-refractivity contribution in [3.63, 3.8) is 0 Å². The van der Waals surface area contributed by atoms with E-state index in [4.69, 9.17) is 10.5 Å². The van der Waals surface area contributed by atoms with Gasteiger partial charge in [0.05, 0.1) is 12.8 Å². The fraction of sp³-hybridized carbons (Fsp3) is 0.391. The molecule has 1 aromatic heterocycles. The molecule has 2 aromatic carbocycles. The SMILES string of the molecule is COc1cc(C)c2[nH]c(-c3c(C)cc(C)cc3C)c(CCCCN)c2c1. The van der Waals surface area contributed by atoms with Crippen LogP contribution in [0.25, 0.3) is 22.2 Å². The number of rotatable bonds is 6. The standard InChI is InChI=1S/C23H30N2O/c1-14-10-15(2)21(16(3)11-14)23-19(8-6-7-9-24)20-13-18(26-5)12-17(4)22(20)25-23/h10-13,25H,6-9,24H2,1-5H3. The van der Waals surface area contributed by atoms with Gasteiger partial charge in [0.1, 0.15) is 5.75 Å². The molecule has 0 amide bonds. The molecule has 3 aromatic rings. The number of aryl methyl sites for hydroxylation is 5.